The summed E-state index contributed by atoms with van der Waals surface area (Å²) in [6.07, 6.45) is -2.52. The number of nitrogens with two attached hydrogens (primary N) is 1. The van der Waals surface area contributed by atoms with Gasteiger partial charge in [-0.1, -0.05) is 0 Å². The third-order valence-corrected chi connectivity index (χ3v) is 2.91. The minimum absolute atomic E-state index is 0. The minimum atomic E-state index is -4.64. The Morgan fingerprint density at radius 3 is 1.53 bits per heavy atom. The first-order chi connectivity index (χ1) is 14.5. The number of nitrogen functional groups attached to an aromatic ring is 1. The second-order valence-electron chi connectivity index (χ2n) is 5.70. The predicted octanol–water partition coefficient (Wildman–Crippen LogP) is -6.13. The van der Waals surface area contributed by atoms with Crippen molar-refractivity contribution in [3.8, 4) is 0 Å². The van der Waals surface area contributed by atoms with E-state index >= 15 is 0 Å². The Hall–Kier alpha value is -0.150. The average molecular weight is 575 g/mol. The van der Waals surface area contributed by atoms with E-state index in [-0.39, 0.29) is 41.9 Å². The fourth-order valence-corrected chi connectivity index (χ4v) is 1.90. The van der Waals surface area contributed by atoms with E-state index in [0.717, 1.165) is 0 Å². The Bertz CT molecular complexity index is 842. The maximum atomic E-state index is 11.5. The number of aromatic nitrogens is 2. The molecule has 20 nitrogen and oxygen atoms in total. The number of hydrogen-bond acceptors (Lipinski definition) is 10. The molecular weight excluding hydrogens is 550 g/mol. The molecule has 0 bridgehead atoms. The number of anilines is 1. The van der Waals surface area contributed by atoms with Gasteiger partial charge in [0.05, 0.1) is 13.2 Å². The molecule has 0 aliphatic carbocycles. The van der Waals surface area contributed by atoms with Gasteiger partial charge in [-0.3, -0.25) is 4.57 Å². The van der Waals surface area contributed by atoms with Crippen molar-refractivity contribution in [3.05, 3.63) is 22.7 Å². The fourth-order valence-electron chi connectivity index (χ4n) is 1.90. The molecule has 2 rings (SSSR count). The van der Waals surface area contributed by atoms with Crippen molar-refractivity contribution in [2.75, 3.05) is 12.3 Å². The molecule has 0 radical (unpaired) electrons. The molecule has 14 N–H and O–H groups in total. The van der Waals surface area contributed by atoms with Gasteiger partial charge in [0.2, 0.25) is 0 Å². The monoisotopic (exact) mass is 575 g/mol. The number of nitrogens with zero attached hydrogens (tertiary/aromatic N) is 2. The summed E-state index contributed by atoms with van der Waals surface area (Å²) in [5.41, 5.74) is 4.79. The van der Waals surface area contributed by atoms with Crippen molar-refractivity contribution in [2.24, 2.45) is 0 Å². The summed E-state index contributed by atoms with van der Waals surface area (Å²) in [6, 6.07) is 1.45. The Morgan fingerprint density at radius 2 is 1.24 bits per heavy atom. The van der Waals surface area contributed by atoms with Gasteiger partial charge < -0.3 is 69.8 Å². The average Bonchev–Trinajstić information content (AvgIpc) is 2.80. The molecule has 0 amide bonds. The summed E-state index contributed by atoms with van der Waals surface area (Å²) < 4.78 is 33.1. The first-order valence-corrected chi connectivity index (χ1v) is 12.5. The molecule has 0 unspecified atom stereocenters. The molecule has 24 heteroatoms. The van der Waals surface area contributed by atoms with Gasteiger partial charge in [-0.05, 0) is 6.07 Å². The van der Waals surface area contributed by atoms with E-state index in [9.17, 15) is 15.0 Å². The van der Waals surface area contributed by atoms with E-state index in [1.165, 1.54) is 16.8 Å². The zero-order valence-corrected chi connectivity index (χ0v) is 18.8. The standard InChI is InChI=1S/C10H15N3O5.Na.3H3O4P.H/c11-7-1-2-13(10(17)12-7)3-5-8(15)9(16)6(4-14)18-5;;3*1-5(2,3)4;/h1-2,5-6,8-9,14-16H,3-4H2,(H2,11,12,17);;3*(H3,1,2,3,4);/t5-,6+,8-,9+;;;;;/m0...../s1. The summed E-state index contributed by atoms with van der Waals surface area (Å²) >= 11 is 0. The van der Waals surface area contributed by atoms with Gasteiger partial charge in [0.1, 0.15) is 30.2 Å². The van der Waals surface area contributed by atoms with E-state index in [1.54, 1.807) is 0 Å². The summed E-state index contributed by atoms with van der Waals surface area (Å²) in [6.45, 7) is -0.371. The van der Waals surface area contributed by atoms with Gasteiger partial charge in [-0.15, -0.1) is 0 Å². The van der Waals surface area contributed by atoms with Crippen LogP contribution in [0.2, 0.25) is 0 Å². The van der Waals surface area contributed by atoms with Gasteiger partial charge in [-0.25, -0.2) is 18.5 Å². The van der Waals surface area contributed by atoms with Crippen LogP contribution >= 0.6 is 23.5 Å². The van der Waals surface area contributed by atoms with Crippen LogP contribution in [-0.4, -0.2) is 129 Å². The first-order valence-electron chi connectivity index (χ1n) is 7.83. The number of ether oxygens (including phenoxy) is 1. The Morgan fingerprint density at radius 1 is 0.882 bits per heavy atom. The molecule has 0 aromatic carbocycles. The third kappa shape index (κ3) is 25.0. The van der Waals surface area contributed by atoms with Crippen LogP contribution in [0.4, 0.5) is 5.82 Å². The van der Waals surface area contributed by atoms with E-state index in [0.29, 0.717) is 0 Å². The molecule has 1 aromatic heterocycles. The van der Waals surface area contributed by atoms with Gasteiger partial charge in [0.25, 0.3) is 0 Å². The molecule has 1 aromatic rings. The molecule has 1 aliphatic rings. The number of aliphatic hydroxyl groups is 3. The number of hydrogen-bond donors (Lipinski definition) is 13. The number of rotatable bonds is 3. The van der Waals surface area contributed by atoms with Gasteiger partial charge in [0, 0.05) is 6.20 Å². The van der Waals surface area contributed by atoms with E-state index in [4.69, 9.17) is 73.3 Å². The van der Waals surface area contributed by atoms with Crippen molar-refractivity contribution in [3.63, 3.8) is 0 Å². The zero-order chi connectivity index (χ0) is 26.8. The third-order valence-electron chi connectivity index (χ3n) is 2.91. The Labute approximate surface area is 211 Å². The van der Waals surface area contributed by atoms with Crippen molar-refractivity contribution >= 4 is 58.8 Å². The van der Waals surface area contributed by atoms with Crippen molar-refractivity contribution in [1.29, 1.82) is 0 Å². The summed E-state index contributed by atoms with van der Waals surface area (Å²) in [4.78, 5) is 79.7. The normalized spacial score (nSPS) is 22.0. The van der Waals surface area contributed by atoms with Crippen LogP contribution in [0.5, 0.6) is 0 Å². The SMILES string of the molecule is Nc1ccn(C[C@@H]2O[C@H](CO)[C@@H](O)[C@H]2O)c(=O)n1.O=P(O)(O)O.O=P(O)(O)O.O=P(O)(O)O.[NaH]. The Kier molecular flexibility index (Phi) is 18.7. The molecule has 198 valence electrons. The van der Waals surface area contributed by atoms with Crippen molar-refractivity contribution in [1.82, 2.24) is 9.55 Å². The fraction of sp³-hybridized carbons (Fsp3) is 0.600. The molecule has 2 heterocycles. The van der Waals surface area contributed by atoms with Crippen LogP contribution < -0.4 is 11.4 Å². The van der Waals surface area contributed by atoms with Gasteiger partial charge in [-0.2, -0.15) is 4.98 Å². The van der Waals surface area contributed by atoms with Crippen LogP contribution in [0.3, 0.4) is 0 Å². The van der Waals surface area contributed by atoms with Gasteiger partial charge >= 0.3 is 58.7 Å². The molecule has 1 saturated heterocycles. The molecule has 1 aliphatic heterocycles. The van der Waals surface area contributed by atoms with E-state index in [1.807, 2.05) is 0 Å². The summed E-state index contributed by atoms with van der Waals surface area (Å²) in [5, 5.41) is 28.2. The molecular formula is C10H25N3NaO17P3. The van der Waals surface area contributed by atoms with Crippen LogP contribution in [-0.2, 0) is 25.0 Å². The number of aliphatic hydroxyl groups excluding tert-OH is 3. The van der Waals surface area contributed by atoms with Crippen molar-refractivity contribution < 1.29 is 77.8 Å². The molecule has 4 atom stereocenters. The quantitative estimate of drug-likeness (QED) is 0.118. The molecule has 34 heavy (non-hydrogen) atoms. The molecule has 1 fully saturated rings. The van der Waals surface area contributed by atoms with Gasteiger partial charge in [0.15, 0.2) is 0 Å². The summed E-state index contributed by atoms with van der Waals surface area (Å²) in [5.74, 6) is 0.109. The second-order valence-corrected chi connectivity index (χ2v) is 8.78. The molecule has 0 saturated carbocycles. The van der Waals surface area contributed by atoms with Crippen LogP contribution in [0.1, 0.15) is 0 Å². The van der Waals surface area contributed by atoms with Crippen LogP contribution in [0.25, 0.3) is 0 Å². The molecule has 0 spiro atoms. The second kappa shape index (κ2) is 16.6. The topological polar surface area (TPSA) is 364 Å². The van der Waals surface area contributed by atoms with E-state index in [2.05, 4.69) is 4.98 Å². The maximum absolute atomic E-state index is 11.5. The van der Waals surface area contributed by atoms with E-state index < -0.39 is 60.2 Å². The zero-order valence-electron chi connectivity index (χ0n) is 16.1. The van der Waals surface area contributed by atoms with Crippen LogP contribution in [0.15, 0.2) is 17.1 Å². The van der Waals surface area contributed by atoms with Crippen molar-refractivity contribution in [2.45, 2.75) is 31.0 Å². The Balaban J connectivity index is -0.000000496. The van der Waals surface area contributed by atoms with Crippen LogP contribution in [0, 0.1) is 0 Å². The first kappa shape index (κ1) is 38.4. The summed E-state index contributed by atoms with van der Waals surface area (Å²) in [7, 11) is -13.9. The predicted molar refractivity (Wildman–Crippen MR) is 111 cm³/mol. The number of phosphoric acid groups is 3.